The van der Waals surface area contributed by atoms with E-state index in [1.165, 1.54) is 0 Å². The van der Waals surface area contributed by atoms with Gasteiger partial charge in [-0.25, -0.2) is 9.97 Å². The molecular weight excluding hydrogens is 434 g/mol. The number of nitrogens with two attached hydrogens (primary N) is 1. The second kappa shape index (κ2) is 9.63. The van der Waals surface area contributed by atoms with Crippen LogP contribution in [0.1, 0.15) is 35.9 Å². The van der Waals surface area contributed by atoms with E-state index in [4.69, 9.17) is 20.2 Å². The predicted octanol–water partition coefficient (Wildman–Crippen LogP) is 1.99. The number of ether oxygens (including phenoxy) is 2. The molecule has 34 heavy (non-hydrogen) atoms. The molecule has 1 unspecified atom stereocenters. The van der Waals surface area contributed by atoms with Gasteiger partial charge in [-0.05, 0) is 38.4 Å². The Bertz CT molecular complexity index is 1060. The number of aromatic nitrogens is 2. The van der Waals surface area contributed by atoms with Crippen molar-refractivity contribution in [2.24, 2.45) is 5.73 Å². The summed E-state index contributed by atoms with van der Waals surface area (Å²) < 4.78 is 11.6. The summed E-state index contributed by atoms with van der Waals surface area (Å²) in [5, 5.41) is 6.76. The van der Waals surface area contributed by atoms with Gasteiger partial charge in [-0.15, -0.1) is 0 Å². The van der Waals surface area contributed by atoms with Crippen LogP contribution in [0.5, 0.6) is 5.75 Å². The maximum atomic E-state index is 12.2. The second-order valence-corrected chi connectivity index (χ2v) is 9.19. The van der Waals surface area contributed by atoms with Gasteiger partial charge < -0.3 is 35.6 Å². The Hall–Kier alpha value is -3.11. The average molecular weight is 468 g/mol. The third-order valence-electron chi connectivity index (χ3n) is 6.75. The number of primary amides is 1. The molecule has 10 nitrogen and oxygen atoms in total. The van der Waals surface area contributed by atoms with Gasteiger partial charge in [-0.1, -0.05) is 6.92 Å². The topological polar surface area (TPSA) is 118 Å². The van der Waals surface area contributed by atoms with Crippen molar-refractivity contribution in [1.82, 2.24) is 14.9 Å². The van der Waals surface area contributed by atoms with Crippen molar-refractivity contribution in [3.63, 3.8) is 0 Å². The summed E-state index contributed by atoms with van der Waals surface area (Å²) in [6, 6.07) is 6.62. The quantitative estimate of drug-likeness (QED) is 0.586. The molecule has 1 atom stereocenters. The number of likely N-dealkylation sites (N-methyl/N-ethyl adjacent to an activating group) is 1. The summed E-state index contributed by atoms with van der Waals surface area (Å²) in [5.74, 6) is 1.23. The molecule has 0 saturated carbocycles. The first-order valence-corrected chi connectivity index (χ1v) is 12.1. The van der Waals surface area contributed by atoms with Gasteiger partial charge in [0.2, 0.25) is 0 Å². The number of hydrogen-bond acceptors (Lipinski definition) is 9. The molecule has 1 amide bonds. The number of fused-ring (bicyclic) bond motifs is 3. The van der Waals surface area contributed by atoms with E-state index >= 15 is 0 Å². The number of anilines is 4. The van der Waals surface area contributed by atoms with Gasteiger partial charge in [0, 0.05) is 50.6 Å². The highest BCUT2D eigenvalue weighted by molar-refractivity contribution is 5.96. The predicted molar refractivity (Wildman–Crippen MR) is 131 cm³/mol. The standard InChI is InChI=1S/C24H33N7O3/c1-3-18-23(26-15-6-10-33-11-7-15)29-24(21(28-18)22(25)32)27-16-4-5-19-20(12-16)34-14-17-13-30(2)8-9-31(17)19/h4-5,12,15,17H,3,6-11,13-14H2,1-2H3,(H2,25,32)(H2,26,27,29). The van der Waals surface area contributed by atoms with E-state index in [2.05, 4.69) is 38.5 Å². The molecule has 4 N–H and O–H groups in total. The van der Waals surface area contributed by atoms with Gasteiger partial charge >= 0.3 is 0 Å². The number of amides is 1. The third kappa shape index (κ3) is 4.60. The first-order chi connectivity index (χ1) is 16.5. The van der Waals surface area contributed by atoms with Crippen LogP contribution in [-0.4, -0.2) is 79.4 Å². The summed E-state index contributed by atoms with van der Waals surface area (Å²) in [6.45, 7) is 7.08. The summed E-state index contributed by atoms with van der Waals surface area (Å²) in [4.78, 5) is 26.3. The van der Waals surface area contributed by atoms with Crippen LogP contribution in [-0.2, 0) is 11.2 Å². The molecule has 0 radical (unpaired) electrons. The molecule has 3 aliphatic rings. The largest absolute Gasteiger partial charge is 0.489 e. The van der Waals surface area contributed by atoms with Crippen molar-refractivity contribution in [3.05, 3.63) is 29.6 Å². The minimum absolute atomic E-state index is 0.132. The maximum absolute atomic E-state index is 12.2. The number of hydrogen-bond donors (Lipinski definition) is 3. The fourth-order valence-corrected chi connectivity index (χ4v) is 4.86. The van der Waals surface area contributed by atoms with E-state index < -0.39 is 5.91 Å². The van der Waals surface area contributed by atoms with Gasteiger partial charge in [0.15, 0.2) is 17.3 Å². The fraction of sp³-hybridized carbons (Fsp3) is 0.542. The van der Waals surface area contributed by atoms with Crippen molar-refractivity contribution in [2.45, 2.75) is 38.3 Å². The Labute approximate surface area is 199 Å². The molecule has 0 spiro atoms. The monoisotopic (exact) mass is 467 g/mol. The number of rotatable bonds is 6. The molecule has 3 aliphatic heterocycles. The van der Waals surface area contributed by atoms with Crippen molar-refractivity contribution in [2.75, 3.05) is 62.0 Å². The van der Waals surface area contributed by atoms with Crippen molar-refractivity contribution in [1.29, 1.82) is 0 Å². The lowest BCUT2D eigenvalue weighted by atomic mass is 10.1. The Kier molecular flexibility index (Phi) is 6.42. The van der Waals surface area contributed by atoms with Crippen LogP contribution in [0.15, 0.2) is 18.2 Å². The molecule has 2 saturated heterocycles. The van der Waals surface area contributed by atoms with Crippen LogP contribution in [0.2, 0.25) is 0 Å². The normalized spacial score (nSPS) is 20.8. The first kappa shape index (κ1) is 22.7. The molecular formula is C24H33N7O3. The number of piperazine rings is 1. The molecule has 0 aliphatic carbocycles. The SMILES string of the molecule is CCc1nc(C(N)=O)c(Nc2ccc3c(c2)OCC2CN(C)CCN32)nc1NC1CCOCC1. The van der Waals surface area contributed by atoms with Gasteiger partial charge in [-0.3, -0.25) is 4.79 Å². The lowest BCUT2D eigenvalue weighted by Gasteiger charge is -2.44. The van der Waals surface area contributed by atoms with Gasteiger partial charge in [0.05, 0.1) is 17.4 Å². The number of aryl methyl sites for hydroxylation is 1. The van der Waals surface area contributed by atoms with Crippen LogP contribution >= 0.6 is 0 Å². The van der Waals surface area contributed by atoms with Crippen molar-refractivity contribution in [3.8, 4) is 5.75 Å². The number of carbonyl (C=O) groups excluding carboxylic acids is 1. The molecule has 1 aromatic heterocycles. The van der Waals surface area contributed by atoms with Crippen molar-refractivity contribution >= 4 is 28.9 Å². The zero-order valence-electron chi connectivity index (χ0n) is 19.8. The van der Waals surface area contributed by atoms with E-state index in [0.717, 1.165) is 68.5 Å². The van der Waals surface area contributed by atoms with Crippen LogP contribution in [0.3, 0.4) is 0 Å². The molecule has 2 aromatic rings. The third-order valence-corrected chi connectivity index (χ3v) is 6.75. The number of nitrogens with zero attached hydrogens (tertiary/aromatic N) is 4. The highest BCUT2D eigenvalue weighted by Gasteiger charge is 2.32. The van der Waals surface area contributed by atoms with E-state index in [-0.39, 0.29) is 11.7 Å². The summed E-state index contributed by atoms with van der Waals surface area (Å²) in [7, 11) is 2.15. The maximum Gasteiger partial charge on any atom is 0.271 e. The Morgan fingerprint density at radius 1 is 1.21 bits per heavy atom. The van der Waals surface area contributed by atoms with Crippen LogP contribution in [0.25, 0.3) is 0 Å². The lowest BCUT2D eigenvalue weighted by molar-refractivity contribution is 0.0903. The van der Waals surface area contributed by atoms with E-state index in [1.54, 1.807) is 0 Å². The minimum Gasteiger partial charge on any atom is -0.489 e. The smallest absolute Gasteiger partial charge is 0.271 e. The number of nitrogens with one attached hydrogen (secondary N) is 2. The van der Waals surface area contributed by atoms with Gasteiger partial charge in [0.1, 0.15) is 12.4 Å². The lowest BCUT2D eigenvalue weighted by Crippen LogP contribution is -2.56. The second-order valence-electron chi connectivity index (χ2n) is 9.19. The van der Waals surface area contributed by atoms with Gasteiger partial charge in [0.25, 0.3) is 5.91 Å². The molecule has 0 bridgehead atoms. The first-order valence-electron chi connectivity index (χ1n) is 12.1. The van der Waals surface area contributed by atoms with Crippen LogP contribution < -0.4 is 26.0 Å². The highest BCUT2D eigenvalue weighted by Crippen LogP contribution is 2.38. The minimum atomic E-state index is -0.614. The Morgan fingerprint density at radius 2 is 2.03 bits per heavy atom. The Balaban J connectivity index is 1.42. The summed E-state index contributed by atoms with van der Waals surface area (Å²) in [6.07, 6.45) is 2.44. The molecule has 1 aromatic carbocycles. The fourth-order valence-electron chi connectivity index (χ4n) is 4.86. The van der Waals surface area contributed by atoms with Crippen molar-refractivity contribution < 1.29 is 14.3 Å². The Morgan fingerprint density at radius 3 is 2.79 bits per heavy atom. The van der Waals surface area contributed by atoms with E-state index in [1.807, 2.05) is 19.1 Å². The molecule has 2 fully saturated rings. The molecule has 4 heterocycles. The van der Waals surface area contributed by atoms with Crippen LogP contribution in [0, 0.1) is 0 Å². The van der Waals surface area contributed by atoms with E-state index in [9.17, 15) is 4.79 Å². The average Bonchev–Trinajstić information content (AvgIpc) is 2.84. The highest BCUT2D eigenvalue weighted by atomic mass is 16.5. The number of carbonyl (C=O) groups is 1. The summed E-state index contributed by atoms with van der Waals surface area (Å²) in [5.41, 5.74) is 8.39. The summed E-state index contributed by atoms with van der Waals surface area (Å²) >= 11 is 0. The zero-order chi connectivity index (χ0) is 23.7. The zero-order valence-corrected chi connectivity index (χ0v) is 19.8. The number of benzene rings is 1. The molecule has 10 heteroatoms. The van der Waals surface area contributed by atoms with E-state index in [0.29, 0.717) is 30.7 Å². The molecule has 5 rings (SSSR count). The van der Waals surface area contributed by atoms with Gasteiger partial charge in [-0.2, -0.15) is 0 Å². The van der Waals surface area contributed by atoms with Crippen LogP contribution in [0.4, 0.5) is 23.0 Å². The molecule has 182 valence electrons.